The minimum atomic E-state index is -0.0659. The number of hydrogen-bond donors (Lipinski definition) is 1. The molecule has 22 heavy (non-hydrogen) atoms. The van der Waals surface area contributed by atoms with E-state index in [9.17, 15) is 4.79 Å². The number of fused-ring (bicyclic) bond motifs is 1. The van der Waals surface area contributed by atoms with Crippen LogP contribution >= 0.6 is 0 Å². The van der Waals surface area contributed by atoms with Crippen molar-refractivity contribution in [3.63, 3.8) is 0 Å². The third-order valence-electron chi connectivity index (χ3n) is 3.95. The number of rotatable bonds is 5. The summed E-state index contributed by atoms with van der Waals surface area (Å²) in [6.45, 7) is 3.39. The molecule has 0 aliphatic carbocycles. The van der Waals surface area contributed by atoms with Gasteiger partial charge in [-0.2, -0.15) is 0 Å². The Labute approximate surface area is 129 Å². The highest BCUT2D eigenvalue weighted by Gasteiger charge is 2.15. The van der Waals surface area contributed by atoms with Gasteiger partial charge in [-0.3, -0.25) is 9.78 Å². The van der Waals surface area contributed by atoms with Gasteiger partial charge >= 0.3 is 0 Å². The van der Waals surface area contributed by atoms with Crippen molar-refractivity contribution >= 4 is 10.9 Å². The van der Waals surface area contributed by atoms with Crippen LogP contribution in [0.1, 0.15) is 38.3 Å². The van der Waals surface area contributed by atoms with E-state index in [4.69, 9.17) is 9.47 Å². The van der Waals surface area contributed by atoms with Gasteiger partial charge in [0.05, 0.1) is 17.0 Å². The number of pyridine rings is 2. The van der Waals surface area contributed by atoms with Crippen molar-refractivity contribution in [3.8, 4) is 5.88 Å². The zero-order valence-corrected chi connectivity index (χ0v) is 12.9. The minimum Gasteiger partial charge on any atom is -0.476 e. The Morgan fingerprint density at radius 1 is 1.41 bits per heavy atom. The van der Waals surface area contributed by atoms with Gasteiger partial charge in [-0.25, -0.2) is 0 Å². The predicted octanol–water partition coefficient (Wildman–Crippen LogP) is 2.82. The molecule has 0 amide bonds. The molecule has 1 atom stereocenters. The second-order valence-corrected chi connectivity index (χ2v) is 5.77. The summed E-state index contributed by atoms with van der Waals surface area (Å²) in [6.07, 6.45) is 7.01. The maximum Gasteiger partial charge on any atom is 0.195 e. The Morgan fingerprint density at radius 3 is 3.09 bits per heavy atom. The summed E-state index contributed by atoms with van der Waals surface area (Å²) in [6, 6.07) is 3.43. The molecule has 2 aromatic rings. The van der Waals surface area contributed by atoms with Crippen LogP contribution in [0, 0.1) is 0 Å². The third kappa shape index (κ3) is 3.47. The number of aromatic amines is 1. The average molecular weight is 302 g/mol. The summed E-state index contributed by atoms with van der Waals surface area (Å²) >= 11 is 0. The Balaban J connectivity index is 1.78. The summed E-state index contributed by atoms with van der Waals surface area (Å²) in [7, 11) is 0. The molecule has 1 aliphatic rings. The molecule has 1 unspecified atom stereocenters. The van der Waals surface area contributed by atoms with E-state index >= 15 is 0 Å². The number of nitrogens with one attached hydrogen (secondary N) is 1. The van der Waals surface area contributed by atoms with Crippen molar-refractivity contribution in [1.29, 1.82) is 0 Å². The highest BCUT2D eigenvalue weighted by molar-refractivity contribution is 5.78. The zero-order chi connectivity index (χ0) is 15.4. The van der Waals surface area contributed by atoms with Gasteiger partial charge in [-0.15, -0.1) is 0 Å². The molecule has 118 valence electrons. The molecule has 3 heterocycles. The number of aryl methyl sites for hydroxylation is 1. The van der Waals surface area contributed by atoms with Gasteiger partial charge in [0.2, 0.25) is 0 Å². The van der Waals surface area contributed by atoms with Gasteiger partial charge in [-0.1, -0.05) is 13.3 Å². The van der Waals surface area contributed by atoms with Crippen molar-refractivity contribution < 1.29 is 9.47 Å². The SMILES string of the molecule is CCCc1cc2[nH]c(OCC3CCCCO3)cc(=O)c2cn1. The topological polar surface area (TPSA) is 64.2 Å². The largest absolute Gasteiger partial charge is 0.476 e. The number of aromatic nitrogens is 2. The summed E-state index contributed by atoms with van der Waals surface area (Å²) in [4.78, 5) is 19.7. The molecule has 0 aromatic carbocycles. The van der Waals surface area contributed by atoms with Gasteiger partial charge in [0, 0.05) is 24.6 Å². The van der Waals surface area contributed by atoms with Gasteiger partial charge < -0.3 is 14.5 Å². The summed E-state index contributed by atoms with van der Waals surface area (Å²) < 4.78 is 11.4. The number of nitrogens with zero attached hydrogens (tertiary/aromatic N) is 1. The summed E-state index contributed by atoms with van der Waals surface area (Å²) in [5.41, 5.74) is 1.70. The van der Waals surface area contributed by atoms with Crippen molar-refractivity contribution in [2.24, 2.45) is 0 Å². The van der Waals surface area contributed by atoms with E-state index < -0.39 is 0 Å². The van der Waals surface area contributed by atoms with Crippen LogP contribution < -0.4 is 10.2 Å². The molecule has 0 bridgehead atoms. The van der Waals surface area contributed by atoms with Crippen LogP contribution in [0.3, 0.4) is 0 Å². The normalized spacial score (nSPS) is 18.5. The highest BCUT2D eigenvalue weighted by atomic mass is 16.5. The number of ether oxygens (including phenoxy) is 2. The molecule has 2 aromatic heterocycles. The molecular formula is C17H22N2O3. The van der Waals surface area contributed by atoms with Crippen molar-refractivity contribution in [2.45, 2.75) is 45.1 Å². The smallest absolute Gasteiger partial charge is 0.195 e. The predicted molar refractivity (Wildman–Crippen MR) is 85.4 cm³/mol. The molecule has 5 heteroatoms. The van der Waals surface area contributed by atoms with Crippen LogP contribution in [0.2, 0.25) is 0 Å². The Morgan fingerprint density at radius 2 is 2.32 bits per heavy atom. The highest BCUT2D eigenvalue weighted by Crippen LogP contribution is 2.16. The van der Waals surface area contributed by atoms with Crippen molar-refractivity contribution in [3.05, 3.63) is 34.2 Å². The van der Waals surface area contributed by atoms with E-state index in [1.807, 2.05) is 6.07 Å². The van der Waals surface area contributed by atoms with Gasteiger partial charge in [0.1, 0.15) is 6.61 Å². The van der Waals surface area contributed by atoms with Crippen LogP contribution in [-0.2, 0) is 11.2 Å². The van der Waals surface area contributed by atoms with Crippen LogP contribution in [0.5, 0.6) is 5.88 Å². The van der Waals surface area contributed by atoms with Crippen LogP contribution in [-0.4, -0.2) is 29.3 Å². The Bertz CT molecular complexity index is 690. The van der Waals surface area contributed by atoms with E-state index in [0.717, 1.165) is 43.5 Å². The lowest BCUT2D eigenvalue weighted by Crippen LogP contribution is -2.26. The summed E-state index contributed by atoms with van der Waals surface area (Å²) in [5, 5.41) is 0.598. The molecule has 0 saturated carbocycles. The maximum absolute atomic E-state index is 12.1. The molecule has 1 N–H and O–H groups in total. The molecule has 1 saturated heterocycles. The van der Waals surface area contributed by atoms with E-state index in [0.29, 0.717) is 17.9 Å². The van der Waals surface area contributed by atoms with Crippen molar-refractivity contribution in [1.82, 2.24) is 9.97 Å². The molecule has 0 spiro atoms. The quantitative estimate of drug-likeness (QED) is 0.922. The fourth-order valence-electron chi connectivity index (χ4n) is 2.76. The lowest BCUT2D eigenvalue weighted by molar-refractivity contribution is -0.0119. The van der Waals surface area contributed by atoms with Crippen LogP contribution in [0.25, 0.3) is 10.9 Å². The first-order chi connectivity index (χ1) is 10.8. The monoisotopic (exact) mass is 302 g/mol. The second kappa shape index (κ2) is 6.92. The molecule has 3 rings (SSSR count). The van der Waals surface area contributed by atoms with Crippen LogP contribution in [0.4, 0.5) is 0 Å². The Hall–Kier alpha value is -1.88. The molecule has 1 fully saturated rings. The minimum absolute atomic E-state index is 0.0659. The molecule has 1 aliphatic heterocycles. The average Bonchev–Trinajstić information content (AvgIpc) is 2.54. The maximum atomic E-state index is 12.1. The fraction of sp³-hybridized carbons (Fsp3) is 0.529. The van der Waals surface area contributed by atoms with Gasteiger partial charge in [0.15, 0.2) is 11.3 Å². The van der Waals surface area contributed by atoms with E-state index in [2.05, 4.69) is 16.9 Å². The number of hydrogen-bond acceptors (Lipinski definition) is 4. The first-order valence-corrected chi connectivity index (χ1v) is 8.02. The van der Waals surface area contributed by atoms with E-state index in [1.54, 1.807) is 6.20 Å². The number of H-pyrrole nitrogens is 1. The lowest BCUT2D eigenvalue weighted by atomic mass is 10.1. The van der Waals surface area contributed by atoms with E-state index in [-0.39, 0.29) is 11.5 Å². The van der Waals surface area contributed by atoms with Crippen LogP contribution in [0.15, 0.2) is 23.1 Å². The van der Waals surface area contributed by atoms with E-state index in [1.165, 1.54) is 12.5 Å². The molecular weight excluding hydrogens is 280 g/mol. The molecule has 5 nitrogen and oxygen atoms in total. The standard InChI is InChI=1S/C17H22N2O3/c1-2-5-12-8-15-14(10-18-12)16(20)9-17(19-15)22-11-13-6-3-4-7-21-13/h8-10,13H,2-7,11H2,1H3,(H,19,20). The zero-order valence-electron chi connectivity index (χ0n) is 12.9. The Kier molecular flexibility index (Phi) is 4.73. The summed E-state index contributed by atoms with van der Waals surface area (Å²) in [5.74, 6) is 0.500. The van der Waals surface area contributed by atoms with Crippen molar-refractivity contribution in [2.75, 3.05) is 13.2 Å². The fourth-order valence-corrected chi connectivity index (χ4v) is 2.76. The third-order valence-corrected chi connectivity index (χ3v) is 3.95. The first kappa shape index (κ1) is 15.0. The molecule has 0 radical (unpaired) electrons. The van der Waals surface area contributed by atoms with Gasteiger partial charge in [0.25, 0.3) is 0 Å². The first-order valence-electron chi connectivity index (χ1n) is 8.02. The van der Waals surface area contributed by atoms with Gasteiger partial charge in [-0.05, 0) is 31.7 Å². The lowest BCUT2D eigenvalue weighted by Gasteiger charge is -2.22. The second-order valence-electron chi connectivity index (χ2n) is 5.77.